The number of ketones is 1. The Bertz CT molecular complexity index is 576. The van der Waals surface area contributed by atoms with Gasteiger partial charge in [0, 0.05) is 32.7 Å². The van der Waals surface area contributed by atoms with Gasteiger partial charge in [-0.15, -0.1) is 0 Å². The molecule has 0 aromatic heterocycles. The van der Waals surface area contributed by atoms with Crippen molar-refractivity contribution < 1.29 is 9.53 Å². The van der Waals surface area contributed by atoms with Gasteiger partial charge in [-0.2, -0.15) is 5.26 Å². The molecule has 4 nitrogen and oxygen atoms in total. The topological polar surface area (TPSA) is 53.3 Å². The first-order valence-corrected chi connectivity index (χ1v) is 9.03. The second-order valence-electron chi connectivity index (χ2n) is 5.84. The van der Waals surface area contributed by atoms with Crippen LogP contribution in [0.2, 0.25) is 0 Å². The van der Waals surface area contributed by atoms with E-state index in [1.165, 1.54) is 5.56 Å². The van der Waals surface area contributed by atoms with Crippen LogP contribution in [0.3, 0.4) is 0 Å². The molecule has 0 aliphatic carbocycles. The molecule has 1 aromatic rings. The molecule has 1 aliphatic heterocycles. The quantitative estimate of drug-likeness (QED) is 0.678. The zero-order chi connectivity index (χ0) is 17.9. The standard InChI is InChI=1S/C18H24N2O2.C2H6/c1-3-8-22-9-4-6-20-7-5-16-11-15(10-14(2)21)12-17(13-19)18(16)20;1-2/h11-12H,3-10H2,1-2H3;1-2H3. The smallest absolute Gasteiger partial charge is 0.134 e. The van der Waals surface area contributed by atoms with E-state index in [1.807, 2.05) is 19.9 Å². The fraction of sp³-hybridized carbons (Fsp3) is 0.600. The van der Waals surface area contributed by atoms with Crippen molar-refractivity contribution in [2.24, 2.45) is 0 Å². The van der Waals surface area contributed by atoms with E-state index in [0.717, 1.165) is 56.8 Å². The summed E-state index contributed by atoms with van der Waals surface area (Å²) >= 11 is 0. The van der Waals surface area contributed by atoms with E-state index in [1.54, 1.807) is 6.92 Å². The molecule has 132 valence electrons. The summed E-state index contributed by atoms with van der Waals surface area (Å²) in [6.07, 6.45) is 3.38. The highest BCUT2D eigenvalue weighted by Gasteiger charge is 2.23. The molecular weight excluding hydrogens is 300 g/mol. The van der Waals surface area contributed by atoms with Crippen molar-refractivity contribution in [1.29, 1.82) is 5.26 Å². The van der Waals surface area contributed by atoms with Gasteiger partial charge < -0.3 is 9.64 Å². The largest absolute Gasteiger partial charge is 0.381 e. The molecule has 2 rings (SSSR count). The number of nitrogens with zero attached hydrogens (tertiary/aromatic N) is 2. The van der Waals surface area contributed by atoms with Crippen molar-refractivity contribution in [3.63, 3.8) is 0 Å². The van der Waals surface area contributed by atoms with Gasteiger partial charge in [-0.3, -0.25) is 4.79 Å². The van der Waals surface area contributed by atoms with E-state index in [-0.39, 0.29) is 5.78 Å². The maximum atomic E-state index is 11.3. The number of nitriles is 1. The summed E-state index contributed by atoms with van der Waals surface area (Å²) in [5, 5.41) is 9.43. The van der Waals surface area contributed by atoms with E-state index in [0.29, 0.717) is 12.0 Å². The van der Waals surface area contributed by atoms with Crippen LogP contribution < -0.4 is 4.90 Å². The molecule has 0 atom stereocenters. The molecule has 4 heteroatoms. The number of carbonyl (C=O) groups excluding carboxylic acids is 1. The molecule has 0 bridgehead atoms. The Morgan fingerprint density at radius 2 is 2.08 bits per heavy atom. The van der Waals surface area contributed by atoms with Gasteiger partial charge in [0.15, 0.2) is 0 Å². The Labute approximate surface area is 146 Å². The zero-order valence-electron chi connectivity index (χ0n) is 15.5. The van der Waals surface area contributed by atoms with Gasteiger partial charge in [0.05, 0.1) is 11.3 Å². The number of carbonyl (C=O) groups is 1. The fourth-order valence-electron chi connectivity index (χ4n) is 2.99. The number of fused-ring (bicyclic) bond motifs is 1. The van der Waals surface area contributed by atoms with Crippen LogP contribution in [0.1, 0.15) is 57.2 Å². The summed E-state index contributed by atoms with van der Waals surface area (Å²) in [5.74, 6) is 0.131. The lowest BCUT2D eigenvalue weighted by Gasteiger charge is -2.20. The number of rotatable bonds is 8. The summed E-state index contributed by atoms with van der Waals surface area (Å²) in [6.45, 7) is 11.1. The second-order valence-corrected chi connectivity index (χ2v) is 5.84. The minimum Gasteiger partial charge on any atom is -0.381 e. The molecule has 0 fully saturated rings. The van der Waals surface area contributed by atoms with Crippen LogP contribution in [0.4, 0.5) is 5.69 Å². The van der Waals surface area contributed by atoms with E-state index in [4.69, 9.17) is 4.74 Å². The molecule has 0 unspecified atom stereocenters. The molecule has 0 saturated carbocycles. The summed E-state index contributed by atoms with van der Waals surface area (Å²) in [4.78, 5) is 13.6. The lowest BCUT2D eigenvalue weighted by Crippen LogP contribution is -2.23. The predicted molar refractivity (Wildman–Crippen MR) is 98.5 cm³/mol. The zero-order valence-corrected chi connectivity index (χ0v) is 15.5. The highest BCUT2D eigenvalue weighted by molar-refractivity contribution is 5.79. The molecule has 0 radical (unpaired) electrons. The van der Waals surface area contributed by atoms with Gasteiger partial charge >= 0.3 is 0 Å². The van der Waals surface area contributed by atoms with Crippen LogP contribution in [-0.4, -0.2) is 32.1 Å². The van der Waals surface area contributed by atoms with Gasteiger partial charge in [-0.05, 0) is 43.4 Å². The third-order valence-electron chi connectivity index (χ3n) is 3.85. The van der Waals surface area contributed by atoms with Gasteiger partial charge in [-0.25, -0.2) is 0 Å². The third-order valence-corrected chi connectivity index (χ3v) is 3.85. The summed E-state index contributed by atoms with van der Waals surface area (Å²) in [6, 6.07) is 6.25. The molecule has 1 aromatic carbocycles. The Morgan fingerprint density at radius 1 is 1.33 bits per heavy atom. The van der Waals surface area contributed by atoms with Gasteiger partial charge in [0.2, 0.25) is 0 Å². The summed E-state index contributed by atoms with van der Waals surface area (Å²) in [7, 11) is 0. The number of hydrogen-bond donors (Lipinski definition) is 0. The minimum atomic E-state index is 0.131. The van der Waals surface area contributed by atoms with Crippen molar-refractivity contribution in [3.8, 4) is 6.07 Å². The lowest BCUT2D eigenvalue weighted by molar-refractivity contribution is -0.116. The van der Waals surface area contributed by atoms with Gasteiger partial charge in [-0.1, -0.05) is 26.8 Å². The van der Waals surface area contributed by atoms with Gasteiger partial charge in [0.25, 0.3) is 0 Å². The van der Waals surface area contributed by atoms with Crippen LogP contribution in [0, 0.1) is 11.3 Å². The Kier molecular flexibility index (Phi) is 9.11. The highest BCUT2D eigenvalue weighted by atomic mass is 16.5. The molecule has 0 amide bonds. The minimum absolute atomic E-state index is 0.131. The lowest BCUT2D eigenvalue weighted by atomic mass is 10.0. The van der Waals surface area contributed by atoms with Crippen molar-refractivity contribution >= 4 is 11.5 Å². The average molecular weight is 330 g/mol. The summed E-state index contributed by atoms with van der Waals surface area (Å²) < 4.78 is 5.52. The first-order valence-electron chi connectivity index (χ1n) is 9.03. The first-order chi connectivity index (χ1) is 11.7. The molecule has 1 heterocycles. The van der Waals surface area contributed by atoms with Crippen LogP contribution >= 0.6 is 0 Å². The third kappa shape index (κ3) is 5.65. The van der Waals surface area contributed by atoms with Gasteiger partial charge in [0.1, 0.15) is 11.9 Å². The average Bonchev–Trinajstić information content (AvgIpc) is 2.98. The van der Waals surface area contributed by atoms with Crippen molar-refractivity contribution in [2.45, 2.75) is 53.4 Å². The Balaban J connectivity index is 0.00000139. The van der Waals surface area contributed by atoms with Crippen LogP contribution in [0.5, 0.6) is 0 Å². The predicted octanol–water partition coefficient (Wildman–Crippen LogP) is 3.90. The van der Waals surface area contributed by atoms with Crippen LogP contribution in [0.25, 0.3) is 0 Å². The van der Waals surface area contributed by atoms with Crippen LogP contribution in [0.15, 0.2) is 12.1 Å². The number of hydrogen-bond acceptors (Lipinski definition) is 4. The maximum Gasteiger partial charge on any atom is 0.134 e. The van der Waals surface area contributed by atoms with Crippen LogP contribution in [-0.2, 0) is 22.4 Å². The Hall–Kier alpha value is -1.86. The Morgan fingerprint density at radius 3 is 2.71 bits per heavy atom. The molecule has 0 N–H and O–H groups in total. The molecular formula is C20H30N2O2. The first kappa shape index (κ1) is 20.2. The van der Waals surface area contributed by atoms with Crippen molar-refractivity contribution in [3.05, 3.63) is 28.8 Å². The second kappa shape index (κ2) is 10.8. The number of anilines is 1. The molecule has 0 spiro atoms. The van der Waals surface area contributed by atoms with Crippen molar-refractivity contribution in [1.82, 2.24) is 0 Å². The van der Waals surface area contributed by atoms with Crippen molar-refractivity contribution in [2.75, 3.05) is 31.2 Å². The van der Waals surface area contributed by atoms with E-state index >= 15 is 0 Å². The maximum absolute atomic E-state index is 11.3. The van der Waals surface area contributed by atoms with E-state index in [9.17, 15) is 10.1 Å². The number of ether oxygens (including phenoxy) is 1. The van der Waals surface area contributed by atoms with E-state index < -0.39 is 0 Å². The molecule has 24 heavy (non-hydrogen) atoms. The highest BCUT2D eigenvalue weighted by Crippen LogP contribution is 2.33. The summed E-state index contributed by atoms with van der Waals surface area (Å²) in [5.41, 5.74) is 3.91. The normalized spacial score (nSPS) is 12.2. The number of benzene rings is 1. The SMILES string of the molecule is CC.CCCOCCCN1CCc2cc(CC(C)=O)cc(C#N)c21. The monoisotopic (exact) mass is 330 g/mol. The number of Topliss-reactive ketones (excluding diaryl/α,β-unsaturated/α-hetero) is 1. The van der Waals surface area contributed by atoms with E-state index in [2.05, 4.69) is 24.0 Å². The molecule has 1 aliphatic rings. The molecule has 0 saturated heterocycles. The fourth-order valence-corrected chi connectivity index (χ4v) is 2.99.